The summed E-state index contributed by atoms with van der Waals surface area (Å²) in [6, 6.07) is 0.552. The van der Waals surface area contributed by atoms with Crippen LogP contribution in [0, 0.1) is 12.8 Å². The van der Waals surface area contributed by atoms with Gasteiger partial charge in [-0.25, -0.2) is 4.98 Å². The summed E-state index contributed by atoms with van der Waals surface area (Å²) in [6.07, 6.45) is 3.63. The highest BCUT2D eigenvalue weighted by atomic mass is 32.1. The summed E-state index contributed by atoms with van der Waals surface area (Å²) in [5.41, 5.74) is 5.64. The van der Waals surface area contributed by atoms with Crippen LogP contribution in [0.2, 0.25) is 0 Å². The first kappa shape index (κ1) is 9.86. The number of nitrogens with two attached hydrogens (primary N) is 1. The molecule has 4 nitrogen and oxygen atoms in total. The van der Waals surface area contributed by atoms with Crippen LogP contribution in [0.1, 0.15) is 25.1 Å². The predicted octanol–water partition coefficient (Wildman–Crippen LogP) is 1.39. The Morgan fingerprint density at radius 3 is 3.00 bits per heavy atom. The molecule has 1 aliphatic carbocycles. The molecule has 1 aromatic heterocycles. The number of nitrogens with zero attached hydrogens (tertiary/aromatic N) is 2. The number of nitrogens with one attached hydrogen (secondary N) is 1. The summed E-state index contributed by atoms with van der Waals surface area (Å²) in [5, 5.41) is 4.36. The average Bonchev–Trinajstić information content (AvgIpc) is 2.76. The van der Waals surface area contributed by atoms with Crippen molar-refractivity contribution in [1.82, 2.24) is 9.36 Å². The van der Waals surface area contributed by atoms with Gasteiger partial charge >= 0.3 is 0 Å². The zero-order chi connectivity index (χ0) is 9.97. The fraction of sp³-hybridized carbons (Fsp3) is 0.778. The van der Waals surface area contributed by atoms with Crippen molar-refractivity contribution in [3.05, 3.63) is 5.82 Å². The van der Waals surface area contributed by atoms with Crippen molar-refractivity contribution in [3.63, 3.8) is 0 Å². The highest BCUT2D eigenvalue weighted by Crippen LogP contribution is 2.27. The molecule has 0 bridgehead atoms. The molecule has 5 heteroatoms. The normalized spacial score (nSPS) is 26.7. The first-order valence-corrected chi connectivity index (χ1v) is 5.82. The molecule has 2 rings (SSSR count). The van der Waals surface area contributed by atoms with Crippen molar-refractivity contribution in [2.45, 2.75) is 32.2 Å². The van der Waals surface area contributed by atoms with Gasteiger partial charge in [-0.3, -0.25) is 0 Å². The minimum atomic E-state index is 0.552. The zero-order valence-electron chi connectivity index (χ0n) is 8.36. The summed E-state index contributed by atoms with van der Waals surface area (Å²) >= 11 is 1.44. The molecule has 0 aromatic carbocycles. The maximum atomic E-state index is 5.64. The van der Waals surface area contributed by atoms with Gasteiger partial charge in [0.25, 0.3) is 0 Å². The van der Waals surface area contributed by atoms with Crippen LogP contribution >= 0.6 is 11.5 Å². The van der Waals surface area contributed by atoms with Crippen LogP contribution in [0.15, 0.2) is 0 Å². The van der Waals surface area contributed by atoms with Gasteiger partial charge in [0.2, 0.25) is 5.13 Å². The van der Waals surface area contributed by atoms with Crippen molar-refractivity contribution >= 4 is 16.7 Å². The first-order chi connectivity index (χ1) is 6.78. The summed E-state index contributed by atoms with van der Waals surface area (Å²) in [7, 11) is 0. The third-order valence-corrected chi connectivity index (χ3v) is 3.47. The van der Waals surface area contributed by atoms with Crippen LogP contribution in [-0.4, -0.2) is 21.9 Å². The highest BCUT2D eigenvalue weighted by molar-refractivity contribution is 7.09. The Kier molecular flexibility index (Phi) is 2.98. The van der Waals surface area contributed by atoms with E-state index in [4.69, 9.17) is 5.73 Å². The Bertz CT molecular complexity index is 299. The number of hydrogen-bond donors (Lipinski definition) is 2. The average molecular weight is 212 g/mol. The maximum Gasteiger partial charge on any atom is 0.202 e. The van der Waals surface area contributed by atoms with E-state index in [0.717, 1.165) is 17.5 Å². The second-order valence-corrected chi connectivity index (χ2v) is 4.65. The van der Waals surface area contributed by atoms with E-state index < -0.39 is 0 Å². The molecule has 1 fully saturated rings. The Hall–Kier alpha value is -0.680. The molecule has 78 valence electrons. The lowest BCUT2D eigenvalue weighted by molar-refractivity contribution is 0.555. The lowest BCUT2D eigenvalue weighted by atomic mass is 10.1. The molecule has 0 radical (unpaired) electrons. The molecular formula is C9H16N4S. The summed E-state index contributed by atoms with van der Waals surface area (Å²) < 4.78 is 4.14. The quantitative estimate of drug-likeness (QED) is 0.794. The molecule has 0 spiro atoms. The zero-order valence-corrected chi connectivity index (χ0v) is 9.18. The van der Waals surface area contributed by atoms with Crippen LogP contribution in [0.4, 0.5) is 5.13 Å². The molecule has 14 heavy (non-hydrogen) atoms. The standard InChI is InChI=1S/C9H16N4S/c1-6-11-9(14-13-6)12-8-3-2-7(4-8)5-10/h7-8H,2-5,10H2,1H3,(H,11,12,13). The van der Waals surface area contributed by atoms with E-state index in [1.54, 1.807) is 0 Å². The van der Waals surface area contributed by atoms with E-state index >= 15 is 0 Å². The molecule has 3 N–H and O–H groups in total. The van der Waals surface area contributed by atoms with Gasteiger partial charge in [-0.15, -0.1) is 0 Å². The van der Waals surface area contributed by atoms with Crippen LogP contribution < -0.4 is 11.1 Å². The molecule has 0 amide bonds. The third kappa shape index (κ3) is 2.22. The van der Waals surface area contributed by atoms with Crippen LogP contribution in [-0.2, 0) is 0 Å². The summed E-state index contributed by atoms with van der Waals surface area (Å²) in [4.78, 5) is 4.29. The smallest absolute Gasteiger partial charge is 0.202 e. The number of anilines is 1. The van der Waals surface area contributed by atoms with E-state index in [9.17, 15) is 0 Å². The fourth-order valence-electron chi connectivity index (χ4n) is 1.95. The van der Waals surface area contributed by atoms with Crippen LogP contribution in [0.25, 0.3) is 0 Å². The van der Waals surface area contributed by atoms with Crippen molar-refractivity contribution in [3.8, 4) is 0 Å². The molecule has 0 saturated heterocycles. The number of hydrogen-bond acceptors (Lipinski definition) is 5. The van der Waals surface area contributed by atoms with Crippen molar-refractivity contribution < 1.29 is 0 Å². The fourth-order valence-corrected chi connectivity index (χ4v) is 2.60. The van der Waals surface area contributed by atoms with E-state index in [-0.39, 0.29) is 0 Å². The SMILES string of the molecule is Cc1nsc(NC2CCC(CN)C2)n1. The van der Waals surface area contributed by atoms with Gasteiger partial charge in [-0.2, -0.15) is 4.37 Å². The molecule has 2 unspecified atom stereocenters. The van der Waals surface area contributed by atoms with Crippen molar-refractivity contribution in [1.29, 1.82) is 0 Å². The first-order valence-electron chi connectivity index (χ1n) is 5.05. The van der Waals surface area contributed by atoms with Crippen LogP contribution in [0.5, 0.6) is 0 Å². The Morgan fingerprint density at radius 2 is 2.43 bits per heavy atom. The van der Waals surface area contributed by atoms with Gasteiger partial charge in [-0.05, 0) is 38.6 Å². The molecule has 1 aliphatic rings. The maximum absolute atomic E-state index is 5.64. The number of aryl methyl sites for hydroxylation is 1. The molecular weight excluding hydrogens is 196 g/mol. The van der Waals surface area contributed by atoms with E-state index in [1.807, 2.05) is 6.92 Å². The Balaban J connectivity index is 1.87. The minimum Gasteiger partial charge on any atom is -0.358 e. The van der Waals surface area contributed by atoms with Crippen molar-refractivity contribution in [2.24, 2.45) is 11.7 Å². The van der Waals surface area contributed by atoms with E-state index in [0.29, 0.717) is 12.0 Å². The van der Waals surface area contributed by atoms with Gasteiger partial charge in [0.15, 0.2) is 0 Å². The predicted molar refractivity (Wildman–Crippen MR) is 58.5 cm³/mol. The molecule has 1 heterocycles. The molecule has 2 atom stereocenters. The number of aromatic nitrogens is 2. The second-order valence-electron chi connectivity index (χ2n) is 3.90. The van der Waals surface area contributed by atoms with Gasteiger partial charge in [0, 0.05) is 17.6 Å². The van der Waals surface area contributed by atoms with E-state index in [2.05, 4.69) is 14.7 Å². The van der Waals surface area contributed by atoms with Gasteiger partial charge < -0.3 is 11.1 Å². The Labute approximate surface area is 88.1 Å². The topological polar surface area (TPSA) is 63.8 Å². The third-order valence-electron chi connectivity index (χ3n) is 2.73. The van der Waals surface area contributed by atoms with Crippen LogP contribution in [0.3, 0.4) is 0 Å². The van der Waals surface area contributed by atoms with E-state index in [1.165, 1.54) is 30.8 Å². The summed E-state index contributed by atoms with van der Waals surface area (Å²) in [6.45, 7) is 2.73. The minimum absolute atomic E-state index is 0.552. The van der Waals surface area contributed by atoms with Crippen molar-refractivity contribution in [2.75, 3.05) is 11.9 Å². The lowest BCUT2D eigenvalue weighted by Crippen LogP contribution is -2.17. The van der Waals surface area contributed by atoms with Gasteiger partial charge in [-0.1, -0.05) is 0 Å². The Morgan fingerprint density at radius 1 is 1.57 bits per heavy atom. The van der Waals surface area contributed by atoms with Gasteiger partial charge in [0.1, 0.15) is 5.82 Å². The highest BCUT2D eigenvalue weighted by Gasteiger charge is 2.23. The molecule has 0 aliphatic heterocycles. The molecule has 1 aromatic rings. The van der Waals surface area contributed by atoms with Gasteiger partial charge in [0.05, 0.1) is 0 Å². The summed E-state index contributed by atoms with van der Waals surface area (Å²) in [5.74, 6) is 1.55. The molecule has 1 saturated carbocycles. The lowest BCUT2D eigenvalue weighted by Gasteiger charge is -2.10. The number of rotatable bonds is 3. The second kappa shape index (κ2) is 4.23. The monoisotopic (exact) mass is 212 g/mol. The largest absolute Gasteiger partial charge is 0.358 e.